The Morgan fingerprint density at radius 1 is 1.10 bits per heavy atom. The molecule has 110 valence electrons. The highest BCUT2D eigenvalue weighted by Gasteiger charge is 2.46. The van der Waals surface area contributed by atoms with Gasteiger partial charge < -0.3 is 5.32 Å². The summed E-state index contributed by atoms with van der Waals surface area (Å²) in [6, 6.07) is 6.23. The molecule has 0 spiro atoms. The predicted octanol–water partition coefficient (Wildman–Crippen LogP) is 0.600. The normalized spacial score (nSPS) is 16.4. The molecule has 1 fully saturated rings. The van der Waals surface area contributed by atoms with Crippen LogP contribution in [0.1, 0.15) is 5.56 Å². The number of amides is 5. The summed E-state index contributed by atoms with van der Waals surface area (Å²) in [5.74, 6) is -3.94. The van der Waals surface area contributed by atoms with Crippen LogP contribution in [0.25, 0.3) is 0 Å². The fraction of sp³-hybridized carbons (Fsp3) is 0.286. The third kappa shape index (κ3) is 2.62. The number of hydrogen-bond acceptors (Lipinski definition) is 4. The van der Waals surface area contributed by atoms with Crippen LogP contribution in [0, 0.1) is 12.8 Å². The molecule has 21 heavy (non-hydrogen) atoms. The Labute approximate surface area is 121 Å². The van der Waals surface area contributed by atoms with Crippen molar-refractivity contribution < 1.29 is 19.2 Å². The largest absolute Gasteiger partial charge is 0.332 e. The lowest BCUT2D eigenvalue weighted by Crippen LogP contribution is -2.59. The molecule has 5 amide bonds. The maximum absolute atomic E-state index is 12.2. The van der Waals surface area contributed by atoms with Gasteiger partial charge in [-0.15, -0.1) is 0 Å². The standard InChI is InChI=1S/C14H15N3O4/c1-8-5-4-6-9(7-8)15-11(18)10-12(19)16(2)14(21)17(3)13(10)20/h4-7,10H,1-3H3,(H,15,18). The summed E-state index contributed by atoms with van der Waals surface area (Å²) in [5, 5.41) is 2.52. The highest BCUT2D eigenvalue weighted by Crippen LogP contribution is 2.18. The lowest BCUT2D eigenvalue weighted by molar-refractivity contribution is -0.151. The van der Waals surface area contributed by atoms with Crippen molar-refractivity contribution in [2.45, 2.75) is 6.92 Å². The molecule has 1 aliphatic rings. The Hall–Kier alpha value is -2.70. The van der Waals surface area contributed by atoms with Gasteiger partial charge in [0.2, 0.25) is 5.91 Å². The summed E-state index contributed by atoms with van der Waals surface area (Å²) in [5.41, 5.74) is 1.42. The van der Waals surface area contributed by atoms with Crippen molar-refractivity contribution in [3.63, 3.8) is 0 Å². The summed E-state index contributed by atoms with van der Waals surface area (Å²) in [6.45, 7) is 1.85. The van der Waals surface area contributed by atoms with E-state index in [4.69, 9.17) is 0 Å². The number of benzene rings is 1. The van der Waals surface area contributed by atoms with Crippen LogP contribution >= 0.6 is 0 Å². The molecule has 1 saturated heterocycles. The van der Waals surface area contributed by atoms with Crippen LogP contribution in [-0.2, 0) is 14.4 Å². The Bertz CT molecular complexity index is 617. The molecule has 1 aromatic carbocycles. The minimum absolute atomic E-state index is 0.489. The van der Waals surface area contributed by atoms with E-state index in [-0.39, 0.29) is 0 Å². The van der Waals surface area contributed by atoms with Crippen molar-refractivity contribution in [2.75, 3.05) is 19.4 Å². The fourth-order valence-electron chi connectivity index (χ4n) is 2.07. The van der Waals surface area contributed by atoms with Gasteiger partial charge in [-0.2, -0.15) is 0 Å². The van der Waals surface area contributed by atoms with Crippen LogP contribution in [0.15, 0.2) is 24.3 Å². The summed E-state index contributed by atoms with van der Waals surface area (Å²) in [4.78, 5) is 49.3. The number of imide groups is 2. The van der Waals surface area contributed by atoms with Gasteiger partial charge in [-0.05, 0) is 24.6 Å². The van der Waals surface area contributed by atoms with Crippen molar-refractivity contribution >= 4 is 29.4 Å². The number of urea groups is 1. The first-order chi connectivity index (χ1) is 9.82. The summed E-state index contributed by atoms with van der Waals surface area (Å²) >= 11 is 0. The molecule has 0 atom stereocenters. The van der Waals surface area contributed by atoms with Crippen LogP contribution < -0.4 is 5.32 Å². The van der Waals surface area contributed by atoms with E-state index < -0.39 is 29.7 Å². The Balaban J connectivity index is 2.23. The second-order valence-electron chi connectivity index (χ2n) is 4.87. The topological polar surface area (TPSA) is 86.8 Å². The monoisotopic (exact) mass is 289 g/mol. The summed E-state index contributed by atoms with van der Waals surface area (Å²) in [6.07, 6.45) is 0. The first-order valence-electron chi connectivity index (χ1n) is 6.29. The van der Waals surface area contributed by atoms with Crippen molar-refractivity contribution in [3.05, 3.63) is 29.8 Å². The van der Waals surface area contributed by atoms with Gasteiger partial charge in [-0.3, -0.25) is 24.2 Å². The van der Waals surface area contributed by atoms with E-state index in [9.17, 15) is 19.2 Å². The average Bonchev–Trinajstić information content (AvgIpc) is 2.43. The number of hydrogen-bond donors (Lipinski definition) is 1. The van der Waals surface area contributed by atoms with Crippen molar-refractivity contribution in [2.24, 2.45) is 5.92 Å². The van der Waals surface area contributed by atoms with Crippen LogP contribution in [0.3, 0.4) is 0 Å². The molecule has 7 heteroatoms. The lowest BCUT2D eigenvalue weighted by Gasteiger charge is -2.32. The van der Waals surface area contributed by atoms with Crippen molar-refractivity contribution in [1.82, 2.24) is 9.80 Å². The van der Waals surface area contributed by atoms with Gasteiger partial charge in [0.1, 0.15) is 0 Å². The SMILES string of the molecule is Cc1cccc(NC(=O)C2C(=O)N(C)C(=O)N(C)C2=O)c1. The van der Waals surface area contributed by atoms with E-state index in [1.54, 1.807) is 18.2 Å². The Kier molecular flexibility index (Phi) is 3.75. The maximum Gasteiger partial charge on any atom is 0.332 e. The number of barbiturate groups is 1. The smallest absolute Gasteiger partial charge is 0.325 e. The summed E-state index contributed by atoms with van der Waals surface area (Å²) in [7, 11) is 2.47. The number of anilines is 1. The number of nitrogens with zero attached hydrogens (tertiary/aromatic N) is 2. The van der Waals surface area contributed by atoms with Crippen molar-refractivity contribution in [3.8, 4) is 0 Å². The molecule has 0 aromatic heterocycles. The minimum Gasteiger partial charge on any atom is -0.325 e. The predicted molar refractivity (Wildman–Crippen MR) is 74.2 cm³/mol. The van der Waals surface area contributed by atoms with Crippen LogP contribution in [0.2, 0.25) is 0 Å². The van der Waals surface area contributed by atoms with Gasteiger partial charge in [0, 0.05) is 19.8 Å². The second-order valence-corrected chi connectivity index (χ2v) is 4.87. The summed E-state index contributed by atoms with van der Waals surface area (Å²) < 4.78 is 0. The van der Waals surface area contributed by atoms with Crippen LogP contribution in [-0.4, -0.2) is 47.6 Å². The van der Waals surface area contributed by atoms with Gasteiger partial charge >= 0.3 is 6.03 Å². The highest BCUT2D eigenvalue weighted by atomic mass is 16.2. The first-order valence-corrected chi connectivity index (χ1v) is 6.29. The van der Waals surface area contributed by atoms with Gasteiger partial charge in [0.05, 0.1) is 0 Å². The van der Waals surface area contributed by atoms with Gasteiger partial charge in [0.25, 0.3) is 11.8 Å². The molecule has 7 nitrogen and oxygen atoms in total. The van der Waals surface area contributed by atoms with E-state index in [2.05, 4.69) is 5.32 Å². The Morgan fingerprint density at radius 3 is 2.19 bits per heavy atom. The number of carbonyl (C=O) groups is 4. The third-order valence-electron chi connectivity index (χ3n) is 3.28. The van der Waals surface area contributed by atoms with E-state index in [0.29, 0.717) is 5.69 Å². The molecule has 1 aliphatic heterocycles. The third-order valence-corrected chi connectivity index (χ3v) is 3.28. The molecule has 0 radical (unpaired) electrons. The first kappa shape index (κ1) is 14.7. The molecule has 0 bridgehead atoms. The number of carbonyl (C=O) groups excluding carboxylic acids is 4. The van der Waals surface area contributed by atoms with E-state index >= 15 is 0 Å². The van der Waals surface area contributed by atoms with Crippen molar-refractivity contribution in [1.29, 1.82) is 0 Å². The maximum atomic E-state index is 12.2. The second kappa shape index (κ2) is 5.35. The fourth-order valence-corrected chi connectivity index (χ4v) is 2.07. The molecular formula is C14H15N3O4. The molecule has 0 aliphatic carbocycles. The number of rotatable bonds is 2. The Morgan fingerprint density at radius 2 is 1.67 bits per heavy atom. The molecular weight excluding hydrogens is 274 g/mol. The lowest BCUT2D eigenvalue weighted by atomic mass is 10.0. The van der Waals surface area contributed by atoms with Gasteiger partial charge in [0.15, 0.2) is 5.92 Å². The number of nitrogens with one attached hydrogen (secondary N) is 1. The molecule has 0 saturated carbocycles. The van der Waals surface area contributed by atoms with Crippen LogP contribution in [0.5, 0.6) is 0 Å². The average molecular weight is 289 g/mol. The highest BCUT2D eigenvalue weighted by molar-refractivity contribution is 6.27. The zero-order chi connectivity index (χ0) is 15.7. The molecule has 2 rings (SSSR count). The zero-order valence-corrected chi connectivity index (χ0v) is 11.9. The van der Waals surface area contributed by atoms with E-state index in [1.165, 1.54) is 14.1 Å². The molecule has 1 heterocycles. The van der Waals surface area contributed by atoms with Gasteiger partial charge in [-0.1, -0.05) is 12.1 Å². The molecule has 1 aromatic rings. The molecule has 0 unspecified atom stereocenters. The quantitative estimate of drug-likeness (QED) is 0.808. The van der Waals surface area contributed by atoms with E-state index in [0.717, 1.165) is 15.4 Å². The van der Waals surface area contributed by atoms with Gasteiger partial charge in [-0.25, -0.2) is 4.79 Å². The van der Waals surface area contributed by atoms with E-state index in [1.807, 2.05) is 13.0 Å². The van der Waals surface area contributed by atoms with Crippen LogP contribution in [0.4, 0.5) is 10.5 Å². The molecule has 1 N–H and O–H groups in total. The number of aryl methyl sites for hydroxylation is 1. The minimum atomic E-state index is -1.54. The zero-order valence-electron chi connectivity index (χ0n) is 11.9.